The number of carbonyl (C=O) groups is 1. The molecule has 0 aliphatic heterocycles. The molecule has 0 unspecified atom stereocenters. The first-order valence-electron chi connectivity index (χ1n) is 9.84. The molecule has 5 heteroatoms. The van der Waals surface area contributed by atoms with Crippen LogP contribution in [0.4, 0.5) is 5.69 Å². The monoisotopic (exact) mass is 401 g/mol. The highest BCUT2D eigenvalue weighted by Crippen LogP contribution is 2.17. The summed E-state index contributed by atoms with van der Waals surface area (Å²) in [6, 6.07) is 16.1. The Morgan fingerprint density at radius 3 is 2.17 bits per heavy atom. The molecule has 1 aromatic heterocycles. The number of hydrogen-bond donors (Lipinski definition) is 2. The van der Waals surface area contributed by atoms with Crippen LogP contribution in [0.15, 0.2) is 63.8 Å². The first kappa shape index (κ1) is 20.9. The van der Waals surface area contributed by atoms with Gasteiger partial charge in [0.2, 0.25) is 11.2 Å². The number of benzene rings is 2. The minimum atomic E-state index is -0.437. The Labute approximate surface area is 175 Å². The van der Waals surface area contributed by atoms with E-state index in [2.05, 4.69) is 17.2 Å². The van der Waals surface area contributed by atoms with Crippen LogP contribution in [0.5, 0.6) is 5.75 Å². The zero-order chi connectivity index (χ0) is 21.5. The second-order valence-corrected chi connectivity index (χ2v) is 6.74. The lowest BCUT2D eigenvalue weighted by Gasteiger charge is -2.08. The maximum Gasteiger partial charge on any atom is 0.227 e. The van der Waals surface area contributed by atoms with Gasteiger partial charge < -0.3 is 14.8 Å². The van der Waals surface area contributed by atoms with Gasteiger partial charge in [0.15, 0.2) is 11.5 Å². The van der Waals surface area contributed by atoms with Crippen LogP contribution in [0.3, 0.4) is 0 Å². The lowest BCUT2D eigenvalue weighted by atomic mass is 10.1. The van der Waals surface area contributed by atoms with Crippen LogP contribution >= 0.6 is 0 Å². The second kappa shape index (κ2) is 9.62. The second-order valence-electron chi connectivity index (χ2n) is 6.74. The van der Waals surface area contributed by atoms with Gasteiger partial charge in [0.1, 0.15) is 5.76 Å². The van der Waals surface area contributed by atoms with Gasteiger partial charge in [-0.15, -0.1) is 0 Å². The quantitative estimate of drug-likeness (QED) is 0.469. The molecule has 1 heterocycles. The van der Waals surface area contributed by atoms with Gasteiger partial charge in [-0.3, -0.25) is 9.59 Å². The highest BCUT2D eigenvalue weighted by atomic mass is 16.4. The topological polar surface area (TPSA) is 79.5 Å². The fourth-order valence-corrected chi connectivity index (χ4v) is 2.82. The van der Waals surface area contributed by atoms with Crippen LogP contribution in [0.2, 0.25) is 0 Å². The maximum atomic E-state index is 11.8. The molecule has 0 spiro atoms. The fourth-order valence-electron chi connectivity index (χ4n) is 2.82. The Bertz CT molecular complexity index is 1150. The van der Waals surface area contributed by atoms with Gasteiger partial charge in [-0.05, 0) is 36.4 Å². The minimum Gasteiger partial charge on any atom is -0.502 e. The third-order valence-corrected chi connectivity index (χ3v) is 4.61. The largest absolute Gasteiger partial charge is 0.502 e. The molecule has 30 heavy (non-hydrogen) atoms. The van der Waals surface area contributed by atoms with Crippen molar-refractivity contribution in [3.8, 4) is 17.6 Å². The zero-order valence-corrected chi connectivity index (χ0v) is 17.0. The number of aryl methyl sites for hydroxylation is 1. The molecule has 0 aliphatic carbocycles. The minimum absolute atomic E-state index is 0.117. The van der Waals surface area contributed by atoms with Crippen molar-refractivity contribution in [2.45, 2.75) is 33.2 Å². The summed E-state index contributed by atoms with van der Waals surface area (Å²) in [5.41, 5.74) is 2.76. The van der Waals surface area contributed by atoms with E-state index in [-0.39, 0.29) is 23.8 Å². The molecule has 3 aromatic rings. The van der Waals surface area contributed by atoms with E-state index < -0.39 is 5.43 Å². The first-order chi connectivity index (χ1) is 14.5. The van der Waals surface area contributed by atoms with E-state index in [1.54, 1.807) is 12.1 Å². The molecule has 2 aromatic carbocycles. The molecule has 0 saturated carbocycles. The molecule has 152 valence electrons. The van der Waals surface area contributed by atoms with Crippen molar-refractivity contribution in [3.63, 3.8) is 0 Å². The molecule has 0 aliphatic rings. The average molecular weight is 401 g/mol. The predicted octanol–water partition coefficient (Wildman–Crippen LogP) is 4.51. The Morgan fingerprint density at radius 2 is 1.60 bits per heavy atom. The van der Waals surface area contributed by atoms with Crippen molar-refractivity contribution >= 4 is 11.5 Å². The van der Waals surface area contributed by atoms with E-state index in [0.29, 0.717) is 24.2 Å². The molecule has 5 nitrogen and oxygen atoms in total. The first-order valence-corrected chi connectivity index (χ1v) is 9.84. The molecule has 3 rings (SSSR count). The van der Waals surface area contributed by atoms with Crippen molar-refractivity contribution in [1.82, 2.24) is 0 Å². The summed E-state index contributed by atoms with van der Waals surface area (Å²) in [4.78, 5) is 23.4. The number of nitrogens with one attached hydrogen (secondary N) is 1. The smallest absolute Gasteiger partial charge is 0.227 e. The van der Waals surface area contributed by atoms with Crippen LogP contribution in [0.25, 0.3) is 0 Å². The Morgan fingerprint density at radius 1 is 1.00 bits per heavy atom. The summed E-state index contributed by atoms with van der Waals surface area (Å²) in [7, 11) is 0. The number of carbonyl (C=O) groups excluding carboxylic acids is 1. The number of anilines is 1. The number of ketones is 1. The van der Waals surface area contributed by atoms with E-state index in [1.165, 1.54) is 6.07 Å². The van der Waals surface area contributed by atoms with Crippen LogP contribution in [0.1, 0.15) is 53.3 Å². The molecule has 2 N–H and O–H groups in total. The molecule has 0 amide bonds. The van der Waals surface area contributed by atoms with E-state index in [0.717, 1.165) is 16.8 Å². The standard InChI is InChI=1S/C25H23NO4/c1-3-21-15-23(28)25(29)24(30-21)16-26-20-13-9-18(10-14-20)6-5-17-7-11-19(12-8-17)22(27)4-2/h7-15,26,29H,3-4,16H2,1-2H3. The zero-order valence-electron chi connectivity index (χ0n) is 17.0. The molecule has 0 atom stereocenters. The molecule has 0 fully saturated rings. The highest BCUT2D eigenvalue weighted by molar-refractivity contribution is 5.95. The van der Waals surface area contributed by atoms with Crippen molar-refractivity contribution in [3.05, 3.63) is 93.0 Å². The van der Waals surface area contributed by atoms with Crippen LogP contribution in [-0.2, 0) is 13.0 Å². The molecule has 0 bridgehead atoms. The third kappa shape index (κ3) is 5.18. The van der Waals surface area contributed by atoms with Gasteiger partial charge >= 0.3 is 0 Å². The number of aromatic hydroxyl groups is 1. The fraction of sp³-hybridized carbons (Fsp3) is 0.200. The Hall–Kier alpha value is -3.78. The van der Waals surface area contributed by atoms with Crippen molar-refractivity contribution in [1.29, 1.82) is 0 Å². The lowest BCUT2D eigenvalue weighted by molar-refractivity contribution is 0.0988. The van der Waals surface area contributed by atoms with Gasteiger partial charge in [-0.2, -0.15) is 0 Å². The van der Waals surface area contributed by atoms with Crippen LogP contribution in [-0.4, -0.2) is 10.9 Å². The Kier molecular flexibility index (Phi) is 6.71. The van der Waals surface area contributed by atoms with Crippen molar-refractivity contribution in [2.75, 3.05) is 5.32 Å². The summed E-state index contributed by atoms with van der Waals surface area (Å²) >= 11 is 0. The average Bonchev–Trinajstić information content (AvgIpc) is 2.79. The number of rotatable bonds is 6. The number of Topliss-reactive ketones (excluding diaryl/α,β-unsaturated/α-hetero) is 1. The molecule has 0 saturated heterocycles. The van der Waals surface area contributed by atoms with Gasteiger partial charge in [-0.1, -0.05) is 37.8 Å². The van der Waals surface area contributed by atoms with Gasteiger partial charge in [-0.25, -0.2) is 0 Å². The van der Waals surface area contributed by atoms with E-state index in [9.17, 15) is 14.7 Å². The van der Waals surface area contributed by atoms with E-state index >= 15 is 0 Å². The van der Waals surface area contributed by atoms with Gasteiger partial charge in [0.25, 0.3) is 0 Å². The van der Waals surface area contributed by atoms with Crippen LogP contribution < -0.4 is 10.7 Å². The SMILES string of the molecule is CCC(=O)c1ccc(C#Cc2ccc(NCc3oc(CC)cc(=O)c3O)cc2)cc1. The molecule has 0 radical (unpaired) electrons. The Balaban J connectivity index is 1.65. The van der Waals surface area contributed by atoms with Gasteiger partial charge in [0, 0.05) is 41.3 Å². The highest BCUT2D eigenvalue weighted by Gasteiger charge is 2.10. The van der Waals surface area contributed by atoms with Crippen molar-refractivity contribution < 1.29 is 14.3 Å². The lowest BCUT2D eigenvalue weighted by Crippen LogP contribution is -2.08. The van der Waals surface area contributed by atoms with E-state index in [1.807, 2.05) is 50.2 Å². The van der Waals surface area contributed by atoms with Crippen molar-refractivity contribution in [2.24, 2.45) is 0 Å². The predicted molar refractivity (Wildman–Crippen MR) is 117 cm³/mol. The summed E-state index contributed by atoms with van der Waals surface area (Å²) in [5, 5.41) is 13.0. The maximum absolute atomic E-state index is 11.8. The third-order valence-electron chi connectivity index (χ3n) is 4.61. The van der Waals surface area contributed by atoms with E-state index in [4.69, 9.17) is 4.42 Å². The molecular formula is C25H23NO4. The summed E-state index contributed by atoms with van der Waals surface area (Å²) in [6.07, 6.45) is 1.06. The van der Waals surface area contributed by atoms with Gasteiger partial charge in [0.05, 0.1) is 6.54 Å². The van der Waals surface area contributed by atoms with Crippen LogP contribution in [0, 0.1) is 11.8 Å². The normalized spacial score (nSPS) is 10.2. The summed E-state index contributed by atoms with van der Waals surface area (Å²) in [5.74, 6) is 6.68. The summed E-state index contributed by atoms with van der Waals surface area (Å²) in [6.45, 7) is 3.92. The summed E-state index contributed by atoms with van der Waals surface area (Å²) < 4.78 is 5.55. The number of hydrogen-bond acceptors (Lipinski definition) is 5. The molecular weight excluding hydrogens is 378 g/mol.